The molecule has 0 amide bonds. The van der Waals surface area contributed by atoms with Crippen LogP contribution in [-0.2, 0) is 16.1 Å². The summed E-state index contributed by atoms with van der Waals surface area (Å²) in [7, 11) is 0. The predicted octanol–water partition coefficient (Wildman–Crippen LogP) is 0.0947. The monoisotopic (exact) mass is 389 g/mol. The van der Waals surface area contributed by atoms with Crippen LogP contribution in [0.5, 0.6) is 11.5 Å². The van der Waals surface area contributed by atoms with E-state index in [9.17, 15) is 19.2 Å². The summed E-state index contributed by atoms with van der Waals surface area (Å²) in [5, 5.41) is 0. The lowest BCUT2D eigenvalue weighted by molar-refractivity contribution is -0.153. The fraction of sp³-hybridized carbons (Fsp3) is 0.333. The topological polar surface area (TPSA) is 143 Å². The van der Waals surface area contributed by atoms with E-state index in [0.717, 1.165) is 4.57 Å². The van der Waals surface area contributed by atoms with Crippen molar-refractivity contribution >= 4 is 17.6 Å². The van der Waals surface area contributed by atoms with Crippen LogP contribution in [0, 0.1) is 0 Å². The van der Waals surface area contributed by atoms with Gasteiger partial charge in [0.15, 0.2) is 18.1 Å². The van der Waals surface area contributed by atoms with Crippen LogP contribution in [-0.4, -0.2) is 40.6 Å². The Kier molecular flexibility index (Phi) is 5.48. The van der Waals surface area contributed by atoms with Crippen LogP contribution in [0.2, 0.25) is 0 Å². The number of rotatable bonds is 6. The smallest absolute Gasteiger partial charge is 0.351 e. The number of hydrogen-bond acceptors (Lipinski definition) is 8. The maximum atomic E-state index is 12.4. The average Bonchev–Trinajstić information content (AvgIpc) is 2.68. The summed E-state index contributed by atoms with van der Waals surface area (Å²) in [4.78, 5) is 50.4. The van der Waals surface area contributed by atoms with Gasteiger partial charge in [-0.3, -0.25) is 19.1 Å². The van der Waals surface area contributed by atoms with Crippen molar-refractivity contribution in [3.63, 3.8) is 0 Å². The van der Waals surface area contributed by atoms with Crippen LogP contribution >= 0.6 is 0 Å². The Morgan fingerprint density at radius 3 is 2.71 bits per heavy atom. The Morgan fingerprint density at radius 1 is 1.29 bits per heavy atom. The zero-order valence-corrected chi connectivity index (χ0v) is 15.1. The number of hydrogen-bond donors (Lipinski definition) is 2. The molecule has 0 unspecified atom stereocenters. The summed E-state index contributed by atoms with van der Waals surface area (Å²) in [6.45, 7) is 1.24. The van der Waals surface area contributed by atoms with E-state index < -0.39 is 41.3 Å². The summed E-state index contributed by atoms with van der Waals surface area (Å²) in [5.74, 6) is -1.02. The number of benzene rings is 1. The number of nitrogens with one attached hydrogen (secondary N) is 1. The third-order valence-corrected chi connectivity index (χ3v) is 4.08. The normalized spacial score (nSPS) is 15.1. The lowest BCUT2D eigenvalue weighted by Gasteiger charge is -2.24. The minimum absolute atomic E-state index is 0.0753. The molecule has 0 fully saturated rings. The first-order valence-corrected chi connectivity index (χ1v) is 8.63. The van der Waals surface area contributed by atoms with Crippen LogP contribution in [0.1, 0.15) is 23.7 Å². The van der Waals surface area contributed by atoms with Gasteiger partial charge in [-0.15, -0.1) is 0 Å². The fourth-order valence-corrected chi connectivity index (χ4v) is 2.74. The van der Waals surface area contributed by atoms with E-state index in [0.29, 0.717) is 17.9 Å². The Bertz CT molecular complexity index is 1020. The first-order valence-electron chi connectivity index (χ1n) is 8.63. The molecule has 1 aromatic heterocycles. The van der Waals surface area contributed by atoms with Gasteiger partial charge in [-0.05, 0) is 18.6 Å². The molecular formula is C18H19N3O7. The molecule has 3 N–H and O–H groups in total. The molecule has 1 aliphatic heterocycles. The number of carbonyl (C=O) groups is 2. The van der Waals surface area contributed by atoms with Gasteiger partial charge in [0.25, 0.3) is 5.56 Å². The molecule has 1 aliphatic rings. The van der Waals surface area contributed by atoms with E-state index >= 15 is 0 Å². The van der Waals surface area contributed by atoms with E-state index in [2.05, 4.69) is 0 Å². The highest BCUT2D eigenvalue weighted by molar-refractivity contribution is 6.01. The minimum Gasteiger partial charge on any atom is -0.485 e. The largest absolute Gasteiger partial charge is 0.485 e. The van der Waals surface area contributed by atoms with Crippen molar-refractivity contribution in [2.75, 3.05) is 18.9 Å². The van der Waals surface area contributed by atoms with Crippen LogP contribution in [0.4, 0.5) is 5.82 Å². The van der Waals surface area contributed by atoms with Crippen molar-refractivity contribution in [1.29, 1.82) is 0 Å². The molecule has 0 saturated heterocycles. The number of para-hydroxylation sites is 2. The number of ketones is 1. The maximum absolute atomic E-state index is 12.4. The quantitative estimate of drug-likeness (QED) is 0.523. The number of fused-ring (bicyclic) bond motifs is 1. The highest BCUT2D eigenvalue weighted by atomic mass is 16.6. The number of Topliss-reactive ketones (excluding diaryl/α,β-unsaturated/α-hetero) is 1. The van der Waals surface area contributed by atoms with Gasteiger partial charge in [-0.25, -0.2) is 9.59 Å². The molecule has 148 valence electrons. The summed E-state index contributed by atoms with van der Waals surface area (Å²) >= 11 is 0. The molecule has 1 atom stereocenters. The summed E-state index contributed by atoms with van der Waals surface area (Å²) in [6.07, 6.45) is -0.480. The third kappa shape index (κ3) is 3.75. The molecule has 1 aromatic carbocycles. The fourth-order valence-electron chi connectivity index (χ4n) is 2.74. The van der Waals surface area contributed by atoms with Crippen molar-refractivity contribution < 1.29 is 23.8 Å². The Hall–Kier alpha value is -3.56. The molecule has 10 nitrogen and oxygen atoms in total. The van der Waals surface area contributed by atoms with Crippen molar-refractivity contribution in [2.45, 2.75) is 26.0 Å². The van der Waals surface area contributed by atoms with Gasteiger partial charge in [0, 0.05) is 6.54 Å². The van der Waals surface area contributed by atoms with Crippen molar-refractivity contribution in [1.82, 2.24) is 9.55 Å². The van der Waals surface area contributed by atoms with Crippen LogP contribution < -0.4 is 26.5 Å². The number of H-pyrrole nitrogens is 1. The second-order valence-electron chi connectivity index (χ2n) is 6.07. The molecule has 10 heteroatoms. The molecule has 2 heterocycles. The van der Waals surface area contributed by atoms with Gasteiger partial charge in [-0.1, -0.05) is 19.1 Å². The summed E-state index contributed by atoms with van der Waals surface area (Å²) < 4.78 is 17.0. The second kappa shape index (κ2) is 7.99. The van der Waals surface area contributed by atoms with E-state index in [1.165, 1.54) is 0 Å². The molecule has 28 heavy (non-hydrogen) atoms. The number of nitrogens with two attached hydrogens (primary N) is 1. The van der Waals surface area contributed by atoms with Gasteiger partial charge < -0.3 is 19.9 Å². The molecule has 0 spiro atoms. The van der Waals surface area contributed by atoms with Gasteiger partial charge in [-0.2, -0.15) is 0 Å². The third-order valence-electron chi connectivity index (χ3n) is 4.08. The zero-order chi connectivity index (χ0) is 20.3. The standard InChI is InChI=1S/C18H19N3O7/c1-2-7-21-15(19)14(16(23)20-18(21)25)10(22)8-27-17(24)13-9-26-11-5-3-4-6-12(11)28-13/h3-6,13H,2,7-9,19H2,1H3,(H,20,23,25)/t13-/m1/s1. The molecule has 0 saturated carbocycles. The van der Waals surface area contributed by atoms with Gasteiger partial charge >= 0.3 is 11.7 Å². The molecule has 0 bridgehead atoms. The maximum Gasteiger partial charge on any atom is 0.351 e. The summed E-state index contributed by atoms with van der Waals surface area (Å²) in [5.41, 5.74) is 3.75. The van der Waals surface area contributed by atoms with Crippen molar-refractivity contribution in [3.8, 4) is 11.5 Å². The lowest BCUT2D eigenvalue weighted by atomic mass is 10.2. The van der Waals surface area contributed by atoms with Crippen molar-refractivity contribution in [3.05, 3.63) is 50.7 Å². The number of carbonyl (C=O) groups excluding carboxylic acids is 2. The average molecular weight is 389 g/mol. The zero-order valence-electron chi connectivity index (χ0n) is 15.1. The number of esters is 1. The predicted molar refractivity (Wildman–Crippen MR) is 97.7 cm³/mol. The number of nitrogens with zero attached hydrogens (tertiary/aromatic N) is 1. The molecule has 3 rings (SSSR count). The van der Waals surface area contributed by atoms with Crippen LogP contribution in [0.15, 0.2) is 33.9 Å². The van der Waals surface area contributed by atoms with Gasteiger partial charge in [0.05, 0.1) is 0 Å². The number of aromatic amines is 1. The Morgan fingerprint density at radius 2 is 2.00 bits per heavy atom. The first-order chi connectivity index (χ1) is 13.4. The van der Waals surface area contributed by atoms with Gasteiger partial charge in [0.1, 0.15) is 18.0 Å². The second-order valence-corrected chi connectivity index (χ2v) is 6.07. The molecule has 2 aromatic rings. The van der Waals surface area contributed by atoms with Crippen molar-refractivity contribution in [2.24, 2.45) is 0 Å². The Balaban J connectivity index is 1.69. The summed E-state index contributed by atoms with van der Waals surface area (Å²) in [6, 6.07) is 6.82. The Labute approximate surface area is 158 Å². The molecule has 0 aliphatic carbocycles. The number of ether oxygens (including phenoxy) is 3. The first kappa shape index (κ1) is 19.2. The number of anilines is 1. The number of nitrogen functional groups attached to an aromatic ring is 1. The van der Waals surface area contributed by atoms with Gasteiger partial charge in [0.2, 0.25) is 11.9 Å². The van der Waals surface area contributed by atoms with E-state index in [-0.39, 0.29) is 19.0 Å². The van der Waals surface area contributed by atoms with Crippen LogP contribution in [0.25, 0.3) is 0 Å². The van der Waals surface area contributed by atoms with E-state index in [1.807, 2.05) is 11.9 Å². The SMILES string of the molecule is CCCn1c(N)c(C(=O)COC(=O)[C@H]2COc3ccccc3O2)c(=O)[nH]c1=O. The van der Waals surface area contributed by atoms with E-state index in [1.54, 1.807) is 24.3 Å². The molecular weight excluding hydrogens is 370 g/mol. The minimum atomic E-state index is -1.05. The highest BCUT2D eigenvalue weighted by Crippen LogP contribution is 2.31. The highest BCUT2D eigenvalue weighted by Gasteiger charge is 2.30. The van der Waals surface area contributed by atoms with Crippen LogP contribution in [0.3, 0.4) is 0 Å². The van der Waals surface area contributed by atoms with E-state index in [4.69, 9.17) is 19.9 Å². The number of aromatic nitrogens is 2. The molecule has 0 radical (unpaired) electrons. The lowest BCUT2D eigenvalue weighted by Crippen LogP contribution is -2.40.